The summed E-state index contributed by atoms with van der Waals surface area (Å²) in [6, 6.07) is 16.4. The first-order valence-electron chi connectivity index (χ1n) is 10.1. The normalized spacial score (nSPS) is 14.8. The SMILES string of the molecule is O=C(Cc1ccc(Cl)cc1)N1CCN(CCNc2cc(=O)oc3ccccc23)CC1. The van der Waals surface area contributed by atoms with Crippen LogP contribution >= 0.6 is 11.6 Å². The van der Waals surface area contributed by atoms with Gasteiger partial charge in [-0.25, -0.2) is 4.79 Å². The molecule has 0 radical (unpaired) electrons. The van der Waals surface area contributed by atoms with Gasteiger partial charge in [-0.2, -0.15) is 0 Å². The Hall–Kier alpha value is -2.83. The van der Waals surface area contributed by atoms with Gasteiger partial charge in [-0.3, -0.25) is 9.69 Å². The fraction of sp³-hybridized carbons (Fsp3) is 0.304. The van der Waals surface area contributed by atoms with Crippen LogP contribution in [0.1, 0.15) is 5.56 Å². The number of anilines is 1. The summed E-state index contributed by atoms with van der Waals surface area (Å²) in [7, 11) is 0. The number of amides is 1. The van der Waals surface area contributed by atoms with Gasteiger partial charge < -0.3 is 14.6 Å². The Bertz CT molecular complexity index is 1070. The number of carbonyl (C=O) groups excluding carboxylic acids is 1. The molecule has 2 heterocycles. The van der Waals surface area contributed by atoms with E-state index in [4.69, 9.17) is 16.0 Å². The summed E-state index contributed by atoms with van der Waals surface area (Å²) >= 11 is 5.90. The molecule has 6 nitrogen and oxygen atoms in total. The number of hydrogen-bond donors (Lipinski definition) is 1. The van der Waals surface area contributed by atoms with E-state index in [1.807, 2.05) is 47.4 Å². The van der Waals surface area contributed by atoms with Crippen LogP contribution in [-0.2, 0) is 11.2 Å². The molecule has 0 saturated carbocycles. The first-order valence-corrected chi connectivity index (χ1v) is 10.5. The van der Waals surface area contributed by atoms with Crippen LogP contribution in [0.3, 0.4) is 0 Å². The van der Waals surface area contributed by atoms with Gasteiger partial charge in [0.1, 0.15) is 5.58 Å². The van der Waals surface area contributed by atoms with Gasteiger partial charge >= 0.3 is 5.63 Å². The third-order valence-electron chi connectivity index (χ3n) is 5.39. The van der Waals surface area contributed by atoms with E-state index in [1.54, 1.807) is 6.07 Å². The number of fused-ring (bicyclic) bond motifs is 1. The molecule has 1 amide bonds. The summed E-state index contributed by atoms with van der Waals surface area (Å²) in [5.41, 5.74) is 2.00. The van der Waals surface area contributed by atoms with Crippen molar-refractivity contribution in [1.82, 2.24) is 9.80 Å². The van der Waals surface area contributed by atoms with Crippen LogP contribution in [-0.4, -0.2) is 55.0 Å². The van der Waals surface area contributed by atoms with E-state index in [0.29, 0.717) is 23.6 Å². The van der Waals surface area contributed by atoms with Crippen molar-refractivity contribution in [1.29, 1.82) is 0 Å². The molecule has 2 aromatic carbocycles. The van der Waals surface area contributed by atoms with Crippen LogP contribution in [0.4, 0.5) is 5.69 Å². The highest BCUT2D eigenvalue weighted by Gasteiger charge is 2.21. The van der Waals surface area contributed by atoms with Crippen LogP contribution in [0, 0.1) is 0 Å². The molecule has 4 rings (SSSR count). The lowest BCUT2D eigenvalue weighted by molar-refractivity contribution is -0.132. The monoisotopic (exact) mass is 425 g/mol. The molecule has 30 heavy (non-hydrogen) atoms. The molecule has 0 bridgehead atoms. The van der Waals surface area contributed by atoms with Crippen molar-refractivity contribution in [3.63, 3.8) is 0 Å². The highest BCUT2D eigenvalue weighted by Crippen LogP contribution is 2.20. The number of nitrogens with zero attached hydrogens (tertiary/aromatic N) is 2. The zero-order valence-corrected chi connectivity index (χ0v) is 17.4. The number of nitrogens with one attached hydrogen (secondary N) is 1. The fourth-order valence-corrected chi connectivity index (χ4v) is 3.84. The minimum atomic E-state index is -0.357. The molecule has 0 aliphatic carbocycles. The van der Waals surface area contributed by atoms with E-state index in [-0.39, 0.29) is 11.5 Å². The minimum absolute atomic E-state index is 0.151. The maximum Gasteiger partial charge on any atom is 0.338 e. The molecule has 1 aromatic heterocycles. The molecule has 3 aromatic rings. The van der Waals surface area contributed by atoms with E-state index in [2.05, 4.69) is 10.2 Å². The second-order valence-electron chi connectivity index (χ2n) is 7.43. The topological polar surface area (TPSA) is 65.8 Å². The van der Waals surface area contributed by atoms with Crippen LogP contribution in [0.2, 0.25) is 5.02 Å². The second kappa shape index (κ2) is 9.32. The van der Waals surface area contributed by atoms with Gasteiger partial charge in [0.05, 0.1) is 12.1 Å². The summed E-state index contributed by atoms with van der Waals surface area (Å²) in [5.74, 6) is 0.151. The number of hydrogen-bond acceptors (Lipinski definition) is 5. The third-order valence-corrected chi connectivity index (χ3v) is 5.64. The van der Waals surface area contributed by atoms with Crippen molar-refractivity contribution in [2.24, 2.45) is 0 Å². The summed E-state index contributed by atoms with van der Waals surface area (Å²) in [6.07, 6.45) is 0.405. The Morgan fingerprint density at radius 3 is 2.53 bits per heavy atom. The maximum atomic E-state index is 12.5. The molecule has 0 unspecified atom stereocenters. The molecule has 1 aliphatic rings. The predicted octanol–water partition coefficient (Wildman–Crippen LogP) is 3.25. The molecule has 1 aliphatic heterocycles. The van der Waals surface area contributed by atoms with Gasteiger partial charge in [-0.1, -0.05) is 35.9 Å². The number of carbonyl (C=O) groups is 1. The Morgan fingerprint density at radius 2 is 1.77 bits per heavy atom. The van der Waals surface area contributed by atoms with Crippen LogP contribution in [0.5, 0.6) is 0 Å². The molecule has 156 valence electrons. The molecule has 1 fully saturated rings. The van der Waals surface area contributed by atoms with Crippen LogP contribution < -0.4 is 10.9 Å². The number of rotatable bonds is 6. The summed E-state index contributed by atoms with van der Waals surface area (Å²) < 4.78 is 5.23. The largest absolute Gasteiger partial charge is 0.423 e. The van der Waals surface area contributed by atoms with E-state index in [0.717, 1.165) is 49.4 Å². The van der Waals surface area contributed by atoms with Crippen LogP contribution in [0.15, 0.2) is 63.8 Å². The van der Waals surface area contributed by atoms with Crippen LogP contribution in [0.25, 0.3) is 11.0 Å². The molecule has 1 saturated heterocycles. The Balaban J connectivity index is 1.25. The zero-order valence-electron chi connectivity index (χ0n) is 16.6. The lowest BCUT2D eigenvalue weighted by Gasteiger charge is -2.35. The van der Waals surface area contributed by atoms with Crippen molar-refractivity contribution in [3.05, 3.63) is 75.6 Å². The molecule has 1 N–H and O–H groups in total. The lowest BCUT2D eigenvalue weighted by atomic mass is 10.1. The average Bonchev–Trinajstić information content (AvgIpc) is 2.75. The summed E-state index contributed by atoms with van der Waals surface area (Å²) in [5, 5.41) is 4.93. The molecular weight excluding hydrogens is 402 g/mol. The second-order valence-corrected chi connectivity index (χ2v) is 7.86. The Labute approximate surface area is 180 Å². The molecule has 7 heteroatoms. The van der Waals surface area contributed by atoms with Crippen molar-refractivity contribution in [3.8, 4) is 0 Å². The van der Waals surface area contributed by atoms with Gasteiger partial charge in [0, 0.05) is 55.7 Å². The number of halogens is 1. The zero-order chi connectivity index (χ0) is 20.9. The Kier molecular flexibility index (Phi) is 6.35. The third kappa shape index (κ3) is 5.01. The summed E-state index contributed by atoms with van der Waals surface area (Å²) in [4.78, 5) is 28.5. The molecular formula is C23H24ClN3O3. The first-order chi connectivity index (χ1) is 14.6. The standard InChI is InChI=1S/C23H24ClN3O3/c24-18-7-5-17(6-8-18)15-22(28)27-13-11-26(12-14-27)10-9-25-20-16-23(29)30-21-4-2-1-3-19(20)21/h1-8,16,25H,9-15H2. The van der Waals surface area contributed by atoms with E-state index < -0.39 is 0 Å². The number of piperazine rings is 1. The highest BCUT2D eigenvalue weighted by molar-refractivity contribution is 6.30. The smallest absolute Gasteiger partial charge is 0.338 e. The van der Waals surface area contributed by atoms with Crippen molar-refractivity contribution < 1.29 is 9.21 Å². The van der Waals surface area contributed by atoms with Gasteiger partial charge in [0.15, 0.2) is 0 Å². The van der Waals surface area contributed by atoms with Crippen molar-refractivity contribution in [2.45, 2.75) is 6.42 Å². The minimum Gasteiger partial charge on any atom is -0.423 e. The molecule has 0 atom stereocenters. The van der Waals surface area contributed by atoms with E-state index in [1.165, 1.54) is 6.07 Å². The number of benzene rings is 2. The first kappa shape index (κ1) is 20.4. The predicted molar refractivity (Wildman–Crippen MR) is 119 cm³/mol. The van der Waals surface area contributed by atoms with Gasteiger partial charge in [-0.05, 0) is 29.8 Å². The quantitative estimate of drug-likeness (QED) is 0.614. The maximum absolute atomic E-state index is 12.5. The highest BCUT2D eigenvalue weighted by atomic mass is 35.5. The number of para-hydroxylation sites is 1. The fourth-order valence-electron chi connectivity index (χ4n) is 3.72. The lowest BCUT2D eigenvalue weighted by Crippen LogP contribution is -2.50. The van der Waals surface area contributed by atoms with E-state index >= 15 is 0 Å². The Morgan fingerprint density at radius 1 is 1.03 bits per heavy atom. The average molecular weight is 426 g/mol. The summed E-state index contributed by atoms with van der Waals surface area (Å²) in [6.45, 7) is 4.69. The van der Waals surface area contributed by atoms with Crippen molar-refractivity contribution >= 4 is 34.2 Å². The van der Waals surface area contributed by atoms with Gasteiger partial charge in [-0.15, -0.1) is 0 Å². The van der Waals surface area contributed by atoms with E-state index in [9.17, 15) is 9.59 Å². The van der Waals surface area contributed by atoms with Gasteiger partial charge in [0.2, 0.25) is 5.91 Å². The van der Waals surface area contributed by atoms with Crippen molar-refractivity contribution in [2.75, 3.05) is 44.6 Å². The molecule has 0 spiro atoms. The van der Waals surface area contributed by atoms with Gasteiger partial charge in [0.25, 0.3) is 0 Å².